The van der Waals surface area contributed by atoms with Gasteiger partial charge in [0.15, 0.2) is 11.5 Å². The average molecular weight is 487 g/mol. The molecular formula is C29H27ClN2O3. The second-order valence-corrected chi connectivity index (χ2v) is 8.35. The van der Waals surface area contributed by atoms with Crippen LogP contribution in [0.1, 0.15) is 16.7 Å². The Bertz CT molecular complexity index is 1230. The molecule has 35 heavy (non-hydrogen) atoms. The fourth-order valence-electron chi connectivity index (χ4n) is 3.46. The smallest absolute Gasteiger partial charge is 0.319 e. The van der Waals surface area contributed by atoms with Gasteiger partial charge in [0.05, 0.1) is 10.7 Å². The van der Waals surface area contributed by atoms with Gasteiger partial charge in [-0.05, 0) is 47.4 Å². The molecule has 0 heterocycles. The Morgan fingerprint density at radius 1 is 0.686 bits per heavy atom. The SMILES string of the molecule is O=C(NCCc1ccc(OCc2ccccc2)c(OCc2ccccc2)c1)Nc1ccccc1Cl. The predicted molar refractivity (Wildman–Crippen MR) is 140 cm³/mol. The van der Waals surface area contributed by atoms with E-state index in [4.69, 9.17) is 21.1 Å². The van der Waals surface area contributed by atoms with E-state index in [1.165, 1.54) is 0 Å². The number of benzene rings is 4. The maximum Gasteiger partial charge on any atom is 0.319 e. The van der Waals surface area contributed by atoms with Crippen molar-refractivity contribution in [3.8, 4) is 11.5 Å². The molecule has 0 unspecified atom stereocenters. The molecule has 4 aromatic rings. The summed E-state index contributed by atoms with van der Waals surface area (Å²) in [6.45, 7) is 1.34. The van der Waals surface area contributed by atoms with Gasteiger partial charge < -0.3 is 20.1 Å². The Labute approximate surface area is 210 Å². The summed E-state index contributed by atoms with van der Waals surface area (Å²) in [5.74, 6) is 1.35. The molecule has 4 rings (SSSR count). The van der Waals surface area contributed by atoms with Crippen molar-refractivity contribution in [3.63, 3.8) is 0 Å². The molecule has 2 N–H and O–H groups in total. The minimum Gasteiger partial charge on any atom is -0.485 e. The number of urea groups is 1. The molecule has 0 spiro atoms. The zero-order chi connectivity index (χ0) is 24.3. The second kappa shape index (κ2) is 12.5. The van der Waals surface area contributed by atoms with Crippen LogP contribution in [0.3, 0.4) is 0 Å². The molecule has 4 aromatic carbocycles. The lowest BCUT2D eigenvalue weighted by Crippen LogP contribution is -2.30. The summed E-state index contributed by atoms with van der Waals surface area (Å²) in [7, 11) is 0. The summed E-state index contributed by atoms with van der Waals surface area (Å²) in [4.78, 5) is 12.2. The Morgan fingerprint density at radius 2 is 1.29 bits per heavy atom. The molecule has 0 saturated carbocycles. The van der Waals surface area contributed by atoms with Crippen molar-refractivity contribution in [2.45, 2.75) is 19.6 Å². The number of halogens is 1. The summed E-state index contributed by atoms with van der Waals surface area (Å²) in [5, 5.41) is 6.12. The number of hydrogen-bond acceptors (Lipinski definition) is 3. The van der Waals surface area contributed by atoms with Crippen molar-refractivity contribution in [2.24, 2.45) is 0 Å². The van der Waals surface area contributed by atoms with Crippen molar-refractivity contribution in [2.75, 3.05) is 11.9 Å². The first-order valence-corrected chi connectivity index (χ1v) is 11.8. The van der Waals surface area contributed by atoms with Crippen molar-refractivity contribution >= 4 is 23.3 Å². The van der Waals surface area contributed by atoms with E-state index < -0.39 is 0 Å². The summed E-state index contributed by atoms with van der Waals surface area (Å²) in [5.41, 5.74) is 3.76. The summed E-state index contributed by atoms with van der Waals surface area (Å²) < 4.78 is 12.2. The topological polar surface area (TPSA) is 59.6 Å². The van der Waals surface area contributed by atoms with Gasteiger partial charge in [-0.1, -0.05) is 90.5 Å². The van der Waals surface area contributed by atoms with Crippen LogP contribution in [0.2, 0.25) is 5.02 Å². The standard InChI is InChI=1S/C29H27ClN2O3/c30-25-13-7-8-14-26(25)32-29(33)31-18-17-22-15-16-27(34-20-23-9-3-1-4-10-23)28(19-22)35-21-24-11-5-2-6-12-24/h1-16,19H,17-18,20-21H2,(H2,31,32,33). The van der Waals surface area contributed by atoms with E-state index in [0.29, 0.717) is 48.4 Å². The molecule has 0 radical (unpaired) electrons. The molecule has 0 atom stereocenters. The van der Waals surface area contributed by atoms with E-state index in [1.54, 1.807) is 12.1 Å². The van der Waals surface area contributed by atoms with Crippen molar-refractivity contribution in [3.05, 3.63) is 125 Å². The third-order valence-electron chi connectivity index (χ3n) is 5.30. The van der Waals surface area contributed by atoms with Gasteiger partial charge in [-0.15, -0.1) is 0 Å². The van der Waals surface area contributed by atoms with Crippen LogP contribution in [0.25, 0.3) is 0 Å². The van der Waals surface area contributed by atoms with Crippen molar-refractivity contribution < 1.29 is 14.3 Å². The zero-order valence-electron chi connectivity index (χ0n) is 19.2. The number of anilines is 1. The monoisotopic (exact) mass is 486 g/mol. The molecule has 6 heteroatoms. The van der Waals surface area contributed by atoms with Gasteiger partial charge in [0.1, 0.15) is 13.2 Å². The highest BCUT2D eigenvalue weighted by molar-refractivity contribution is 6.33. The molecule has 5 nitrogen and oxygen atoms in total. The lowest BCUT2D eigenvalue weighted by atomic mass is 10.1. The summed E-state index contributed by atoms with van der Waals surface area (Å²) in [6, 6.07) is 32.7. The van der Waals surface area contributed by atoms with Crippen LogP contribution in [0.5, 0.6) is 11.5 Å². The Hall–Kier alpha value is -3.96. The predicted octanol–water partition coefficient (Wildman–Crippen LogP) is 6.86. The average Bonchev–Trinajstić information content (AvgIpc) is 2.89. The maximum absolute atomic E-state index is 12.2. The van der Waals surface area contributed by atoms with Crippen LogP contribution in [-0.4, -0.2) is 12.6 Å². The van der Waals surface area contributed by atoms with E-state index in [9.17, 15) is 4.79 Å². The first kappa shape index (κ1) is 24.2. The van der Waals surface area contributed by atoms with Gasteiger partial charge in [0, 0.05) is 6.54 Å². The molecule has 2 amide bonds. The molecule has 0 bridgehead atoms. The van der Waals surface area contributed by atoms with Gasteiger partial charge in [-0.3, -0.25) is 0 Å². The number of ether oxygens (including phenoxy) is 2. The minimum atomic E-state index is -0.304. The number of hydrogen-bond donors (Lipinski definition) is 2. The normalized spacial score (nSPS) is 10.4. The van der Waals surface area contributed by atoms with Gasteiger partial charge in [0.2, 0.25) is 0 Å². The van der Waals surface area contributed by atoms with Crippen LogP contribution in [0.15, 0.2) is 103 Å². The second-order valence-electron chi connectivity index (χ2n) is 7.94. The quantitative estimate of drug-likeness (QED) is 0.257. The summed E-state index contributed by atoms with van der Waals surface area (Å²) in [6.07, 6.45) is 0.636. The first-order valence-electron chi connectivity index (χ1n) is 11.4. The van der Waals surface area contributed by atoms with Crippen molar-refractivity contribution in [1.29, 1.82) is 0 Å². The molecule has 0 saturated heterocycles. The van der Waals surface area contributed by atoms with Crippen LogP contribution < -0.4 is 20.1 Å². The number of nitrogens with one attached hydrogen (secondary N) is 2. The number of para-hydroxylation sites is 1. The Balaban J connectivity index is 1.38. The minimum absolute atomic E-state index is 0.304. The number of carbonyl (C=O) groups is 1. The highest BCUT2D eigenvalue weighted by atomic mass is 35.5. The molecule has 0 fully saturated rings. The number of rotatable bonds is 10. The third kappa shape index (κ3) is 7.52. The zero-order valence-corrected chi connectivity index (χ0v) is 20.0. The van der Waals surface area contributed by atoms with Crippen LogP contribution in [0, 0.1) is 0 Å². The first-order chi connectivity index (χ1) is 17.2. The van der Waals surface area contributed by atoms with Gasteiger partial charge in [-0.2, -0.15) is 0 Å². The molecule has 178 valence electrons. The van der Waals surface area contributed by atoms with Gasteiger partial charge in [-0.25, -0.2) is 4.79 Å². The van der Waals surface area contributed by atoms with Gasteiger partial charge in [0.25, 0.3) is 0 Å². The maximum atomic E-state index is 12.2. The Morgan fingerprint density at radius 3 is 1.94 bits per heavy atom. The molecule has 0 aliphatic heterocycles. The Kier molecular flexibility index (Phi) is 8.63. The van der Waals surface area contributed by atoms with E-state index in [0.717, 1.165) is 16.7 Å². The van der Waals surface area contributed by atoms with Crippen LogP contribution in [0.4, 0.5) is 10.5 Å². The lowest BCUT2D eigenvalue weighted by Gasteiger charge is -2.15. The summed E-state index contributed by atoms with van der Waals surface area (Å²) >= 11 is 6.10. The van der Waals surface area contributed by atoms with Crippen LogP contribution >= 0.6 is 11.6 Å². The van der Waals surface area contributed by atoms with Crippen LogP contribution in [-0.2, 0) is 19.6 Å². The van der Waals surface area contributed by atoms with E-state index in [-0.39, 0.29) is 6.03 Å². The van der Waals surface area contributed by atoms with Crippen molar-refractivity contribution in [1.82, 2.24) is 5.32 Å². The lowest BCUT2D eigenvalue weighted by molar-refractivity contribution is 0.252. The number of carbonyl (C=O) groups excluding carboxylic acids is 1. The molecule has 0 aliphatic rings. The van der Waals surface area contributed by atoms with E-state index in [1.807, 2.05) is 91.0 Å². The largest absolute Gasteiger partial charge is 0.485 e. The fourth-order valence-corrected chi connectivity index (χ4v) is 3.64. The molecular weight excluding hydrogens is 460 g/mol. The highest BCUT2D eigenvalue weighted by Gasteiger charge is 2.10. The highest BCUT2D eigenvalue weighted by Crippen LogP contribution is 2.30. The molecule has 0 aliphatic carbocycles. The van der Waals surface area contributed by atoms with Gasteiger partial charge >= 0.3 is 6.03 Å². The fraction of sp³-hybridized carbons (Fsp3) is 0.138. The van der Waals surface area contributed by atoms with E-state index >= 15 is 0 Å². The number of amides is 2. The molecule has 0 aromatic heterocycles. The van der Waals surface area contributed by atoms with E-state index in [2.05, 4.69) is 10.6 Å². The third-order valence-corrected chi connectivity index (χ3v) is 5.63.